The maximum absolute atomic E-state index is 14.0. The molecule has 1 heterocycles. The fourth-order valence-corrected chi connectivity index (χ4v) is 6.11. The Morgan fingerprint density at radius 2 is 1.77 bits per heavy atom. The largest absolute Gasteiger partial charge is 0.491 e. The summed E-state index contributed by atoms with van der Waals surface area (Å²) < 4.78 is 45.8. The van der Waals surface area contributed by atoms with E-state index in [4.69, 9.17) is 25.8 Å². The van der Waals surface area contributed by atoms with Gasteiger partial charge in [-0.3, -0.25) is 4.79 Å². The van der Waals surface area contributed by atoms with Crippen LogP contribution in [0.15, 0.2) is 76.6 Å². The van der Waals surface area contributed by atoms with Crippen molar-refractivity contribution >= 4 is 50.7 Å². The van der Waals surface area contributed by atoms with Crippen molar-refractivity contribution in [2.24, 2.45) is 4.99 Å². The third kappa shape index (κ3) is 7.45. The lowest BCUT2D eigenvalue weighted by molar-refractivity contribution is -0.120. The van der Waals surface area contributed by atoms with Crippen LogP contribution in [-0.4, -0.2) is 68.5 Å². The number of halogens is 1. The lowest BCUT2D eigenvalue weighted by Crippen LogP contribution is -2.52. The molecule has 3 aromatic carbocycles. The van der Waals surface area contributed by atoms with Gasteiger partial charge in [-0.1, -0.05) is 49.2 Å². The first kappa shape index (κ1) is 31.8. The molecular weight excluding hydrogens is 598 g/mol. The lowest BCUT2D eigenvalue weighted by atomic mass is 10.2. The van der Waals surface area contributed by atoms with Gasteiger partial charge in [0.05, 0.1) is 28.6 Å². The molecule has 11 nitrogen and oxygen atoms in total. The number of hydrogen-bond donors (Lipinski definition) is 2. The second-order valence-electron chi connectivity index (χ2n) is 9.50. The monoisotopic (exact) mass is 629 g/mol. The molecule has 2 N–H and O–H groups in total. The number of carbonyl (C=O) groups is 2. The molecule has 13 heteroatoms. The fourth-order valence-electron chi connectivity index (χ4n) is 4.27. The first-order valence-corrected chi connectivity index (χ1v) is 15.4. The number of hydrogen-bond acceptors (Lipinski definition) is 8. The molecule has 0 bridgehead atoms. The number of methoxy groups -OCH3 is 1. The van der Waals surface area contributed by atoms with Crippen molar-refractivity contribution < 1.29 is 37.3 Å². The summed E-state index contributed by atoms with van der Waals surface area (Å²) in [5, 5.41) is 12.1. The fraction of sp³-hybridized carbons (Fsp3) is 0.300. The van der Waals surface area contributed by atoms with Gasteiger partial charge < -0.3 is 24.6 Å². The number of rotatable bonds is 14. The molecule has 3 aromatic rings. The van der Waals surface area contributed by atoms with E-state index in [2.05, 4.69) is 10.3 Å². The number of amides is 1. The average molecular weight is 630 g/mol. The Morgan fingerprint density at radius 1 is 1.02 bits per heavy atom. The molecule has 0 aliphatic carbocycles. The predicted octanol–water partition coefficient (Wildman–Crippen LogP) is 5.37. The Balaban J connectivity index is 1.80. The number of fused-ring (bicyclic) bond motifs is 1. The van der Waals surface area contributed by atoms with E-state index in [0.29, 0.717) is 24.5 Å². The highest BCUT2D eigenvalue weighted by atomic mass is 35.5. The Bertz CT molecular complexity index is 1610. The van der Waals surface area contributed by atoms with Crippen LogP contribution in [0.4, 0.5) is 11.4 Å². The predicted molar refractivity (Wildman–Crippen MR) is 162 cm³/mol. The highest BCUT2D eigenvalue weighted by molar-refractivity contribution is 7.90. The molecule has 1 unspecified atom stereocenters. The van der Waals surface area contributed by atoms with Gasteiger partial charge in [0.25, 0.3) is 15.9 Å². The van der Waals surface area contributed by atoms with Gasteiger partial charge in [0, 0.05) is 20.3 Å². The first-order valence-electron chi connectivity index (χ1n) is 13.6. The minimum atomic E-state index is -4.16. The van der Waals surface area contributed by atoms with Gasteiger partial charge in [0.15, 0.2) is 5.84 Å². The number of nitrogens with one attached hydrogen (secondary N) is 1. The zero-order chi connectivity index (χ0) is 31.0. The zero-order valence-electron chi connectivity index (χ0n) is 23.7. The van der Waals surface area contributed by atoms with E-state index in [9.17, 15) is 23.1 Å². The minimum Gasteiger partial charge on any atom is -0.491 e. The summed E-state index contributed by atoms with van der Waals surface area (Å²) in [6.45, 7) is 2.66. The van der Waals surface area contributed by atoms with Crippen LogP contribution in [0.2, 0.25) is 5.02 Å². The number of aliphatic imine (C=N–C) groups is 1. The number of aromatic carboxylic acids is 1. The number of carboxylic acid groups (broad SMARTS) is 1. The van der Waals surface area contributed by atoms with Crippen molar-refractivity contribution in [3.05, 3.63) is 77.3 Å². The minimum absolute atomic E-state index is 0.0196. The van der Waals surface area contributed by atoms with E-state index in [1.54, 1.807) is 36.4 Å². The van der Waals surface area contributed by atoms with Gasteiger partial charge in [0.2, 0.25) is 6.10 Å². The number of ether oxygens (including phenoxy) is 3. The summed E-state index contributed by atoms with van der Waals surface area (Å²) in [5.74, 6) is -1.78. The number of nitrogens with zero attached hydrogens (tertiary/aromatic N) is 2. The summed E-state index contributed by atoms with van der Waals surface area (Å²) in [7, 11) is -2.66. The van der Waals surface area contributed by atoms with Gasteiger partial charge in [0.1, 0.15) is 16.4 Å². The molecule has 1 aliphatic heterocycles. The van der Waals surface area contributed by atoms with Crippen molar-refractivity contribution in [3.63, 3.8) is 0 Å². The van der Waals surface area contributed by atoms with E-state index < -0.39 is 28.0 Å². The molecule has 1 atom stereocenters. The summed E-state index contributed by atoms with van der Waals surface area (Å²) >= 11 is 6.37. The standard InChI is InChI=1S/C30H32ClN3O8S/c1-3-4-18-41-25-12-7-5-10-22(25)33-29(35)27(42-24-15-14-20(30(36)37)19-21(24)31)28-32-23-11-6-8-13-26(23)43(38,39)34(28)16-9-17-40-2/h5-8,10-15,19,27H,3-4,9,16-18H2,1-2H3,(H,33,35)(H,36,37). The summed E-state index contributed by atoms with van der Waals surface area (Å²) in [6.07, 6.45) is 0.389. The molecule has 4 rings (SSSR count). The molecule has 1 amide bonds. The Kier molecular flexibility index (Phi) is 10.6. The van der Waals surface area contributed by atoms with Crippen molar-refractivity contribution in [2.45, 2.75) is 37.2 Å². The second kappa shape index (κ2) is 14.4. The van der Waals surface area contributed by atoms with Gasteiger partial charge >= 0.3 is 5.97 Å². The molecule has 0 aromatic heterocycles. The molecular formula is C30H32ClN3O8S. The molecule has 0 fully saturated rings. The van der Waals surface area contributed by atoms with Crippen molar-refractivity contribution in [3.8, 4) is 11.5 Å². The quantitative estimate of drug-likeness (QED) is 0.226. The molecule has 0 saturated carbocycles. The van der Waals surface area contributed by atoms with Crippen LogP contribution in [0.1, 0.15) is 36.5 Å². The summed E-state index contributed by atoms with van der Waals surface area (Å²) in [6, 6.07) is 16.8. The number of carbonyl (C=O) groups excluding carboxylic acids is 1. The number of para-hydroxylation sites is 3. The van der Waals surface area contributed by atoms with Crippen molar-refractivity contribution in [1.29, 1.82) is 0 Å². The van der Waals surface area contributed by atoms with E-state index in [1.165, 1.54) is 37.4 Å². The van der Waals surface area contributed by atoms with Gasteiger partial charge in [-0.2, -0.15) is 0 Å². The topological polar surface area (TPSA) is 144 Å². The number of amidine groups is 1. The zero-order valence-corrected chi connectivity index (χ0v) is 25.2. The third-order valence-electron chi connectivity index (χ3n) is 6.43. The summed E-state index contributed by atoms with van der Waals surface area (Å²) in [4.78, 5) is 30.0. The SMILES string of the molecule is CCCCOc1ccccc1NC(=O)C(Oc1ccc(C(=O)O)cc1Cl)C1=Nc2ccccc2S(=O)(=O)N1CCCOC. The van der Waals surface area contributed by atoms with Crippen LogP contribution in [0.5, 0.6) is 11.5 Å². The van der Waals surface area contributed by atoms with Crippen LogP contribution in [0.3, 0.4) is 0 Å². The molecule has 0 spiro atoms. The smallest absolute Gasteiger partial charge is 0.335 e. The maximum atomic E-state index is 14.0. The number of sulfonamides is 1. The van der Waals surface area contributed by atoms with Gasteiger partial charge in [-0.25, -0.2) is 22.5 Å². The van der Waals surface area contributed by atoms with E-state index in [-0.39, 0.29) is 45.9 Å². The van der Waals surface area contributed by atoms with Crippen LogP contribution >= 0.6 is 11.6 Å². The molecule has 0 saturated heterocycles. The number of carboxylic acids is 1. The maximum Gasteiger partial charge on any atom is 0.335 e. The van der Waals surface area contributed by atoms with Crippen molar-refractivity contribution in [1.82, 2.24) is 4.31 Å². The van der Waals surface area contributed by atoms with Crippen LogP contribution in [0, 0.1) is 0 Å². The Morgan fingerprint density at radius 3 is 2.49 bits per heavy atom. The normalized spacial score (nSPS) is 14.3. The number of unbranched alkanes of at least 4 members (excludes halogenated alkanes) is 1. The van der Waals surface area contributed by atoms with E-state index in [1.807, 2.05) is 6.92 Å². The van der Waals surface area contributed by atoms with E-state index >= 15 is 0 Å². The van der Waals surface area contributed by atoms with Crippen LogP contribution in [0.25, 0.3) is 0 Å². The number of benzene rings is 3. The lowest BCUT2D eigenvalue weighted by Gasteiger charge is -2.33. The van der Waals surface area contributed by atoms with Crippen LogP contribution in [-0.2, 0) is 19.6 Å². The molecule has 43 heavy (non-hydrogen) atoms. The molecule has 228 valence electrons. The third-order valence-corrected chi connectivity index (χ3v) is 8.58. The van der Waals surface area contributed by atoms with Gasteiger partial charge in [-0.15, -0.1) is 0 Å². The van der Waals surface area contributed by atoms with Crippen molar-refractivity contribution in [2.75, 3.05) is 32.2 Å². The molecule has 0 radical (unpaired) electrons. The van der Waals surface area contributed by atoms with E-state index in [0.717, 1.165) is 17.1 Å². The second-order valence-corrected chi connectivity index (χ2v) is 11.7. The van der Waals surface area contributed by atoms with Gasteiger partial charge in [-0.05, 0) is 55.3 Å². The average Bonchev–Trinajstić information content (AvgIpc) is 2.98. The number of anilines is 1. The Labute approximate surface area is 255 Å². The first-order chi connectivity index (χ1) is 20.7. The highest BCUT2D eigenvalue weighted by Gasteiger charge is 2.41. The summed E-state index contributed by atoms with van der Waals surface area (Å²) in [5.41, 5.74) is 0.386. The highest BCUT2D eigenvalue weighted by Crippen LogP contribution is 2.35. The Hall–Kier alpha value is -4.13. The molecule has 1 aliphatic rings. The van der Waals surface area contributed by atoms with Crippen LogP contribution < -0.4 is 14.8 Å².